The highest BCUT2D eigenvalue weighted by atomic mass is 16.8. The molecule has 3 rings (SSSR count). The molecule has 2 heterocycles. The van der Waals surface area contributed by atoms with E-state index in [0.29, 0.717) is 0 Å². The lowest BCUT2D eigenvalue weighted by Gasteiger charge is -2.44. The van der Waals surface area contributed by atoms with Crippen LogP contribution in [0.5, 0.6) is 11.5 Å². The summed E-state index contributed by atoms with van der Waals surface area (Å²) in [7, 11) is 0. The molecule has 10 atom stereocenters. The van der Waals surface area contributed by atoms with E-state index in [4.69, 9.17) is 56.8 Å². The van der Waals surface area contributed by atoms with E-state index in [0.717, 1.165) is 62.3 Å². The summed E-state index contributed by atoms with van der Waals surface area (Å²) in [6.45, 7) is 8.39. The molecule has 0 saturated carbocycles. The van der Waals surface area contributed by atoms with Crippen LogP contribution < -0.4 is 9.47 Å². The number of ketones is 1. The number of Topliss-reactive ketones (excluding diaryl/α,β-unsaturated/α-hetero) is 1. The Morgan fingerprint density at radius 3 is 1.02 bits per heavy atom. The zero-order chi connectivity index (χ0) is 42.7. The molecule has 0 aromatic heterocycles. The number of carbonyl (C=O) groups excluding carboxylic acids is 9. The fraction of sp³-hybridized carbons (Fsp3) is 0.583. The molecule has 0 aliphatic carbocycles. The molecule has 0 N–H and O–H groups in total. The minimum Gasteiger partial charge on any atom is -0.463 e. The number of esters is 8. The normalized spacial score (nSPS) is 26.6. The van der Waals surface area contributed by atoms with Crippen LogP contribution in [0.3, 0.4) is 0 Å². The molecule has 0 radical (unpaired) electrons. The summed E-state index contributed by atoms with van der Waals surface area (Å²) in [5.41, 5.74) is -0.321. The SMILES string of the molecule is CC(=O)OC[C@H]1O[C@@H](Oc2cccc(O[C@@H]3O[C@H](COC(C)=O)[C@@H](OC(C)=O)[C@H](OC(C)=O)[C@H]3OC(C)=O)c2C(C)=O)[C@H](OC(C)=O)[C@@H](OC(C)=O)[C@@H]1OC(C)=O. The molecule has 0 amide bonds. The van der Waals surface area contributed by atoms with Gasteiger partial charge in [0.1, 0.15) is 42.5 Å². The molecule has 314 valence electrons. The highest BCUT2D eigenvalue weighted by Crippen LogP contribution is 2.37. The molecule has 0 unspecified atom stereocenters. The van der Waals surface area contributed by atoms with Gasteiger partial charge in [-0.3, -0.25) is 43.2 Å². The molecule has 57 heavy (non-hydrogen) atoms. The van der Waals surface area contributed by atoms with E-state index in [-0.39, 0.29) is 17.1 Å². The van der Waals surface area contributed by atoms with E-state index < -0.39 is 128 Å². The van der Waals surface area contributed by atoms with Crippen molar-refractivity contribution in [1.29, 1.82) is 0 Å². The second kappa shape index (κ2) is 20.4. The molecule has 1 aromatic rings. The van der Waals surface area contributed by atoms with E-state index in [1.165, 1.54) is 18.2 Å². The van der Waals surface area contributed by atoms with Crippen molar-refractivity contribution in [2.24, 2.45) is 0 Å². The Bertz CT molecular complexity index is 1590. The van der Waals surface area contributed by atoms with Crippen molar-refractivity contribution in [2.75, 3.05) is 13.2 Å². The molecule has 0 spiro atoms. The van der Waals surface area contributed by atoms with Gasteiger partial charge in [0.25, 0.3) is 0 Å². The quantitative estimate of drug-likeness (QED) is 0.135. The number of benzene rings is 1. The van der Waals surface area contributed by atoms with Crippen molar-refractivity contribution < 1.29 is 100.0 Å². The van der Waals surface area contributed by atoms with Crippen LogP contribution in [0.15, 0.2) is 18.2 Å². The maximum Gasteiger partial charge on any atom is 0.303 e. The van der Waals surface area contributed by atoms with Gasteiger partial charge < -0.3 is 56.8 Å². The van der Waals surface area contributed by atoms with Gasteiger partial charge in [0.2, 0.25) is 24.8 Å². The Hall–Kier alpha value is -5.83. The Morgan fingerprint density at radius 2 is 0.737 bits per heavy atom. The van der Waals surface area contributed by atoms with Crippen molar-refractivity contribution in [3.63, 3.8) is 0 Å². The second-order valence-corrected chi connectivity index (χ2v) is 12.6. The summed E-state index contributed by atoms with van der Waals surface area (Å²) in [6.07, 6.45) is -15.9. The van der Waals surface area contributed by atoms with Crippen LogP contribution >= 0.6 is 0 Å². The standard InChI is InChI=1S/C36H44O21/c1-15(37)28-24(54-35-33(52-22(8)44)31(50-20(6)42)29(48-18(4)40)26(56-35)13-46-16(2)38)11-10-12-25(28)55-36-34(53-23(9)45)32(51-21(7)43)30(49-19(5)41)27(57-36)14-47-17(3)39/h10-12,26-27,29-36H,13-14H2,1-9H3/t26-,27-,29-,30-,31+,32+,33-,34-,35-,36-/m1/s1. The van der Waals surface area contributed by atoms with Crippen LogP contribution in [-0.4, -0.2) is 128 Å². The third kappa shape index (κ3) is 13.1. The first kappa shape index (κ1) is 45.6. The van der Waals surface area contributed by atoms with E-state index >= 15 is 0 Å². The summed E-state index contributed by atoms with van der Waals surface area (Å²) in [5, 5.41) is 0. The van der Waals surface area contributed by atoms with Gasteiger partial charge in [-0.2, -0.15) is 0 Å². The summed E-state index contributed by atoms with van der Waals surface area (Å²) in [4.78, 5) is 110. The number of rotatable bonds is 15. The Morgan fingerprint density at radius 1 is 0.439 bits per heavy atom. The molecular weight excluding hydrogens is 768 g/mol. The third-order valence-electron chi connectivity index (χ3n) is 7.72. The number of hydrogen-bond acceptors (Lipinski definition) is 21. The molecular formula is C36H44O21. The Kier molecular flexibility index (Phi) is 16.3. The fourth-order valence-corrected chi connectivity index (χ4v) is 5.87. The predicted octanol–water partition coefficient (Wildman–Crippen LogP) is 0.813. The lowest BCUT2D eigenvalue weighted by Crippen LogP contribution is -2.63. The van der Waals surface area contributed by atoms with E-state index in [1.54, 1.807) is 0 Å². The molecule has 2 fully saturated rings. The lowest BCUT2D eigenvalue weighted by molar-refractivity contribution is -0.289. The average molecular weight is 813 g/mol. The van der Waals surface area contributed by atoms with Crippen LogP contribution in [0, 0.1) is 0 Å². The van der Waals surface area contributed by atoms with Gasteiger partial charge in [-0.05, 0) is 19.1 Å². The summed E-state index contributed by atoms with van der Waals surface area (Å²) >= 11 is 0. The largest absolute Gasteiger partial charge is 0.463 e. The number of hydrogen-bond donors (Lipinski definition) is 0. The van der Waals surface area contributed by atoms with Crippen LogP contribution in [0.25, 0.3) is 0 Å². The van der Waals surface area contributed by atoms with E-state index in [2.05, 4.69) is 0 Å². The van der Waals surface area contributed by atoms with Crippen LogP contribution in [0.1, 0.15) is 72.7 Å². The van der Waals surface area contributed by atoms with Gasteiger partial charge in [0.05, 0.1) is 0 Å². The monoisotopic (exact) mass is 812 g/mol. The van der Waals surface area contributed by atoms with Gasteiger partial charge in [-0.25, -0.2) is 0 Å². The predicted molar refractivity (Wildman–Crippen MR) is 182 cm³/mol. The maximum absolute atomic E-state index is 13.4. The number of carbonyl (C=O) groups is 9. The zero-order valence-corrected chi connectivity index (χ0v) is 32.5. The van der Waals surface area contributed by atoms with Crippen molar-refractivity contribution in [3.05, 3.63) is 23.8 Å². The minimum absolute atomic E-state index is 0.300. The van der Waals surface area contributed by atoms with Crippen LogP contribution in [-0.2, 0) is 85.7 Å². The molecule has 1 aromatic carbocycles. The summed E-state index contributed by atoms with van der Waals surface area (Å²) < 4.78 is 67.0. The Balaban J connectivity index is 2.16. The van der Waals surface area contributed by atoms with Crippen molar-refractivity contribution in [3.8, 4) is 11.5 Å². The van der Waals surface area contributed by atoms with Gasteiger partial charge in [-0.1, -0.05) is 6.07 Å². The van der Waals surface area contributed by atoms with Crippen molar-refractivity contribution >= 4 is 53.5 Å². The second-order valence-electron chi connectivity index (χ2n) is 12.6. The topological polar surface area (TPSA) is 264 Å². The first-order valence-corrected chi connectivity index (χ1v) is 17.3. The van der Waals surface area contributed by atoms with Crippen molar-refractivity contribution in [1.82, 2.24) is 0 Å². The molecule has 0 bridgehead atoms. The maximum atomic E-state index is 13.4. The summed E-state index contributed by atoms with van der Waals surface area (Å²) in [6, 6.07) is 3.91. The van der Waals surface area contributed by atoms with Gasteiger partial charge in [-0.15, -0.1) is 0 Å². The summed E-state index contributed by atoms with van der Waals surface area (Å²) in [5.74, 6) is -8.17. The minimum atomic E-state index is -1.76. The van der Waals surface area contributed by atoms with Gasteiger partial charge in [0, 0.05) is 55.4 Å². The third-order valence-corrected chi connectivity index (χ3v) is 7.72. The zero-order valence-electron chi connectivity index (χ0n) is 32.5. The molecule has 21 nitrogen and oxygen atoms in total. The van der Waals surface area contributed by atoms with E-state index in [1.807, 2.05) is 0 Å². The molecule has 2 saturated heterocycles. The number of ether oxygens (including phenoxy) is 12. The van der Waals surface area contributed by atoms with Gasteiger partial charge in [0.15, 0.2) is 30.2 Å². The van der Waals surface area contributed by atoms with Gasteiger partial charge >= 0.3 is 47.8 Å². The Labute approximate surface area is 325 Å². The lowest BCUT2D eigenvalue weighted by atomic mass is 9.97. The molecule has 21 heteroatoms. The van der Waals surface area contributed by atoms with Crippen LogP contribution in [0.4, 0.5) is 0 Å². The molecule has 2 aliphatic heterocycles. The first-order valence-electron chi connectivity index (χ1n) is 17.3. The first-order chi connectivity index (χ1) is 26.7. The smallest absolute Gasteiger partial charge is 0.303 e. The fourth-order valence-electron chi connectivity index (χ4n) is 5.87. The van der Waals surface area contributed by atoms with E-state index in [9.17, 15) is 43.2 Å². The van der Waals surface area contributed by atoms with Crippen LogP contribution in [0.2, 0.25) is 0 Å². The average Bonchev–Trinajstić information content (AvgIpc) is 3.07. The molecule has 2 aliphatic rings. The highest BCUT2D eigenvalue weighted by molar-refractivity contribution is 5.99. The highest BCUT2D eigenvalue weighted by Gasteiger charge is 2.55. The van der Waals surface area contributed by atoms with Crippen molar-refractivity contribution in [2.45, 2.75) is 124 Å².